The zero-order valence-electron chi connectivity index (χ0n) is 18.8. The maximum absolute atomic E-state index is 5.47. The van der Waals surface area contributed by atoms with E-state index >= 15 is 0 Å². The van der Waals surface area contributed by atoms with Gasteiger partial charge in [-0.1, -0.05) is 25.0 Å². The SMILES string of the molecule is CN=C(NCC1(c2cccc(OC)c2)CCCC1)N(C)Cc1csc(C(C)OC)n1. The van der Waals surface area contributed by atoms with E-state index in [4.69, 9.17) is 14.5 Å². The number of nitrogens with zero attached hydrogens (tertiary/aromatic N) is 3. The maximum atomic E-state index is 5.47. The van der Waals surface area contributed by atoms with Crippen LogP contribution in [0.4, 0.5) is 0 Å². The largest absolute Gasteiger partial charge is 0.497 e. The summed E-state index contributed by atoms with van der Waals surface area (Å²) < 4.78 is 10.8. The van der Waals surface area contributed by atoms with E-state index < -0.39 is 0 Å². The maximum Gasteiger partial charge on any atom is 0.193 e. The first-order chi connectivity index (χ1) is 14.5. The Hall–Kier alpha value is -2.12. The minimum absolute atomic E-state index is 0.0246. The molecule has 0 saturated heterocycles. The molecule has 0 spiro atoms. The highest BCUT2D eigenvalue weighted by molar-refractivity contribution is 7.09. The van der Waals surface area contributed by atoms with Crippen molar-refractivity contribution in [3.05, 3.63) is 45.9 Å². The molecule has 1 unspecified atom stereocenters. The van der Waals surface area contributed by atoms with Crippen molar-refractivity contribution in [2.24, 2.45) is 4.99 Å². The fraction of sp³-hybridized carbons (Fsp3) is 0.565. The molecule has 3 rings (SSSR count). The first kappa shape index (κ1) is 22.6. The van der Waals surface area contributed by atoms with Crippen molar-refractivity contribution in [2.45, 2.75) is 50.7 Å². The van der Waals surface area contributed by atoms with Crippen LogP contribution < -0.4 is 10.1 Å². The van der Waals surface area contributed by atoms with Crippen LogP contribution in [-0.4, -0.2) is 50.7 Å². The molecule has 2 aromatic rings. The third-order valence-electron chi connectivity index (χ3n) is 6.07. The van der Waals surface area contributed by atoms with E-state index in [0.717, 1.165) is 29.0 Å². The van der Waals surface area contributed by atoms with Crippen LogP contribution in [0.2, 0.25) is 0 Å². The Morgan fingerprint density at radius 1 is 1.33 bits per heavy atom. The lowest BCUT2D eigenvalue weighted by molar-refractivity contribution is 0.119. The summed E-state index contributed by atoms with van der Waals surface area (Å²) in [6, 6.07) is 8.53. The Bertz CT molecular complexity index is 845. The van der Waals surface area contributed by atoms with Gasteiger partial charge in [-0.05, 0) is 37.5 Å². The summed E-state index contributed by atoms with van der Waals surface area (Å²) in [7, 11) is 7.34. The lowest BCUT2D eigenvalue weighted by Gasteiger charge is -2.32. The minimum Gasteiger partial charge on any atom is -0.497 e. The molecule has 1 aliphatic carbocycles. The number of aliphatic imine (C=N–C) groups is 1. The molecule has 1 atom stereocenters. The molecule has 6 nitrogen and oxygen atoms in total. The van der Waals surface area contributed by atoms with Gasteiger partial charge in [0.1, 0.15) is 16.9 Å². The predicted octanol–water partition coefficient (Wildman–Crippen LogP) is 4.38. The predicted molar refractivity (Wildman–Crippen MR) is 124 cm³/mol. The minimum atomic E-state index is 0.0246. The molecule has 1 fully saturated rings. The second kappa shape index (κ2) is 10.3. The average Bonchev–Trinajstić information content (AvgIpc) is 3.44. The Balaban J connectivity index is 1.67. The number of hydrogen-bond acceptors (Lipinski definition) is 5. The molecule has 1 aliphatic rings. The molecule has 30 heavy (non-hydrogen) atoms. The van der Waals surface area contributed by atoms with Gasteiger partial charge in [-0.25, -0.2) is 4.98 Å². The van der Waals surface area contributed by atoms with Crippen LogP contribution >= 0.6 is 11.3 Å². The van der Waals surface area contributed by atoms with Crippen LogP contribution in [0.15, 0.2) is 34.6 Å². The molecule has 0 aliphatic heterocycles. The molecule has 1 N–H and O–H groups in total. The standard InChI is InChI=1S/C23H34N4O2S/c1-17(28-4)21-26-19(15-30-21)14-27(3)22(24-2)25-16-23(11-6-7-12-23)18-9-8-10-20(13-18)29-5/h8-10,13,15,17H,6-7,11-12,14,16H2,1-5H3,(H,24,25). The molecule has 7 heteroatoms. The second-order valence-electron chi connectivity index (χ2n) is 8.03. The number of ether oxygens (including phenoxy) is 2. The van der Waals surface area contributed by atoms with Crippen molar-refractivity contribution in [1.82, 2.24) is 15.2 Å². The molecule has 1 aromatic heterocycles. The highest BCUT2D eigenvalue weighted by Gasteiger charge is 2.36. The first-order valence-corrected chi connectivity index (χ1v) is 11.4. The quantitative estimate of drug-likeness (QED) is 0.498. The van der Waals surface area contributed by atoms with Crippen LogP contribution in [0, 0.1) is 0 Å². The first-order valence-electron chi connectivity index (χ1n) is 10.5. The summed E-state index contributed by atoms with van der Waals surface area (Å²) in [6.07, 6.45) is 4.90. The van der Waals surface area contributed by atoms with Crippen LogP contribution in [-0.2, 0) is 16.7 Å². The van der Waals surface area contributed by atoms with Crippen LogP contribution in [0.1, 0.15) is 55.0 Å². The van der Waals surface area contributed by atoms with Crippen molar-refractivity contribution in [3.8, 4) is 5.75 Å². The number of guanidine groups is 1. The summed E-state index contributed by atoms with van der Waals surface area (Å²) in [4.78, 5) is 11.4. The van der Waals surface area contributed by atoms with E-state index in [1.807, 2.05) is 20.0 Å². The zero-order valence-corrected chi connectivity index (χ0v) is 19.6. The van der Waals surface area contributed by atoms with Crippen molar-refractivity contribution in [1.29, 1.82) is 0 Å². The summed E-state index contributed by atoms with van der Waals surface area (Å²) in [6.45, 7) is 3.59. The molecular weight excluding hydrogens is 396 g/mol. The smallest absolute Gasteiger partial charge is 0.193 e. The summed E-state index contributed by atoms with van der Waals surface area (Å²) in [5, 5.41) is 6.74. The molecule has 1 aromatic carbocycles. The molecule has 0 radical (unpaired) electrons. The Labute approximate surface area is 184 Å². The fourth-order valence-electron chi connectivity index (χ4n) is 4.21. The fourth-order valence-corrected chi connectivity index (χ4v) is 5.05. The van der Waals surface area contributed by atoms with Gasteiger partial charge in [-0.15, -0.1) is 11.3 Å². The van der Waals surface area contributed by atoms with Crippen LogP contribution in [0.3, 0.4) is 0 Å². The molecule has 1 heterocycles. The van der Waals surface area contributed by atoms with E-state index in [2.05, 4.69) is 45.8 Å². The van der Waals surface area contributed by atoms with E-state index in [9.17, 15) is 0 Å². The third kappa shape index (κ3) is 5.13. The van der Waals surface area contributed by atoms with Gasteiger partial charge in [-0.2, -0.15) is 0 Å². The summed E-state index contributed by atoms with van der Waals surface area (Å²) >= 11 is 1.64. The van der Waals surface area contributed by atoms with Gasteiger partial charge in [0.25, 0.3) is 0 Å². The van der Waals surface area contributed by atoms with Crippen molar-refractivity contribution in [2.75, 3.05) is 34.9 Å². The summed E-state index contributed by atoms with van der Waals surface area (Å²) in [5.74, 6) is 1.81. The van der Waals surface area contributed by atoms with Gasteiger partial charge in [0.15, 0.2) is 5.96 Å². The highest BCUT2D eigenvalue weighted by Crippen LogP contribution is 2.41. The lowest BCUT2D eigenvalue weighted by Crippen LogP contribution is -2.45. The second-order valence-corrected chi connectivity index (χ2v) is 8.92. The monoisotopic (exact) mass is 430 g/mol. The number of thiazole rings is 1. The van der Waals surface area contributed by atoms with E-state index in [1.165, 1.54) is 31.2 Å². The number of nitrogens with one attached hydrogen (secondary N) is 1. The van der Waals surface area contributed by atoms with Crippen molar-refractivity contribution < 1.29 is 9.47 Å². The van der Waals surface area contributed by atoms with E-state index in [1.54, 1.807) is 25.6 Å². The van der Waals surface area contributed by atoms with Gasteiger partial charge in [0.05, 0.1) is 19.3 Å². The van der Waals surface area contributed by atoms with Gasteiger partial charge in [0, 0.05) is 38.5 Å². The molecule has 164 valence electrons. The van der Waals surface area contributed by atoms with Crippen molar-refractivity contribution in [3.63, 3.8) is 0 Å². The molecule has 1 saturated carbocycles. The van der Waals surface area contributed by atoms with Gasteiger partial charge < -0.3 is 19.7 Å². The Morgan fingerprint density at radius 2 is 2.10 bits per heavy atom. The number of rotatable bonds is 8. The number of methoxy groups -OCH3 is 2. The number of aromatic nitrogens is 1. The highest BCUT2D eigenvalue weighted by atomic mass is 32.1. The molecular formula is C23H34N4O2S. The van der Waals surface area contributed by atoms with Gasteiger partial charge in [-0.3, -0.25) is 4.99 Å². The van der Waals surface area contributed by atoms with Gasteiger partial charge >= 0.3 is 0 Å². The Morgan fingerprint density at radius 3 is 2.77 bits per heavy atom. The normalized spacial score (nSPS) is 17.0. The number of hydrogen-bond donors (Lipinski definition) is 1. The topological polar surface area (TPSA) is 59.0 Å². The lowest BCUT2D eigenvalue weighted by atomic mass is 9.78. The molecule has 0 amide bonds. The Kier molecular flexibility index (Phi) is 7.72. The van der Waals surface area contributed by atoms with E-state index in [0.29, 0.717) is 6.54 Å². The van der Waals surface area contributed by atoms with Crippen molar-refractivity contribution >= 4 is 17.3 Å². The third-order valence-corrected chi connectivity index (χ3v) is 7.13. The average molecular weight is 431 g/mol. The van der Waals surface area contributed by atoms with Gasteiger partial charge in [0.2, 0.25) is 0 Å². The molecule has 0 bridgehead atoms. The summed E-state index contributed by atoms with van der Waals surface area (Å²) in [5.41, 5.74) is 2.50. The van der Waals surface area contributed by atoms with E-state index in [-0.39, 0.29) is 11.5 Å². The number of benzene rings is 1. The van der Waals surface area contributed by atoms with Crippen LogP contribution in [0.5, 0.6) is 5.75 Å². The van der Waals surface area contributed by atoms with Crippen LogP contribution in [0.25, 0.3) is 0 Å². The zero-order chi connectivity index (χ0) is 21.6.